The average Bonchev–Trinajstić information content (AvgIpc) is 2.76. The van der Waals surface area contributed by atoms with Crippen molar-refractivity contribution >= 4 is 22.7 Å². The standard InChI is InChI=1S/C22H21N5O2/c1-28-19-11-16(7-9-18(19)29-13-15-5-3-2-4-6-15)12-24-21-17-8-10-20(23)27-22(17)26-14-25-21/h2-11,14H,12-13H2,1H3,(H3,23,24,25,26,27). The van der Waals surface area contributed by atoms with Crippen molar-refractivity contribution in [2.24, 2.45) is 0 Å². The second-order valence-electron chi connectivity index (χ2n) is 6.44. The first-order valence-corrected chi connectivity index (χ1v) is 9.17. The number of aromatic nitrogens is 3. The summed E-state index contributed by atoms with van der Waals surface area (Å²) in [5.41, 5.74) is 8.42. The van der Waals surface area contributed by atoms with Crippen LogP contribution in [0.3, 0.4) is 0 Å². The molecule has 0 spiro atoms. The van der Waals surface area contributed by atoms with Gasteiger partial charge in [-0.15, -0.1) is 0 Å². The number of hydrogen-bond acceptors (Lipinski definition) is 7. The summed E-state index contributed by atoms with van der Waals surface area (Å²) in [6.45, 7) is 1.05. The van der Waals surface area contributed by atoms with Crippen molar-refractivity contribution in [2.75, 3.05) is 18.2 Å². The molecule has 0 bridgehead atoms. The third-order valence-electron chi connectivity index (χ3n) is 4.44. The van der Waals surface area contributed by atoms with Crippen LogP contribution in [0.5, 0.6) is 11.5 Å². The Morgan fingerprint density at radius 3 is 2.62 bits per heavy atom. The Labute approximate surface area is 168 Å². The molecular weight excluding hydrogens is 366 g/mol. The van der Waals surface area contributed by atoms with Gasteiger partial charge in [-0.25, -0.2) is 15.0 Å². The van der Waals surface area contributed by atoms with Crippen molar-refractivity contribution in [2.45, 2.75) is 13.2 Å². The van der Waals surface area contributed by atoms with Crippen molar-refractivity contribution in [3.05, 3.63) is 78.1 Å². The Morgan fingerprint density at radius 1 is 0.931 bits per heavy atom. The highest BCUT2D eigenvalue weighted by molar-refractivity contribution is 5.87. The number of anilines is 2. The summed E-state index contributed by atoms with van der Waals surface area (Å²) in [5.74, 6) is 2.51. The minimum absolute atomic E-state index is 0.429. The minimum Gasteiger partial charge on any atom is -0.493 e. The lowest BCUT2D eigenvalue weighted by atomic mass is 10.2. The molecule has 4 aromatic rings. The number of ether oxygens (including phenoxy) is 2. The van der Waals surface area contributed by atoms with Gasteiger partial charge in [0.15, 0.2) is 17.1 Å². The number of rotatable bonds is 7. The van der Waals surface area contributed by atoms with Crippen LogP contribution < -0.4 is 20.5 Å². The van der Waals surface area contributed by atoms with Crippen molar-refractivity contribution in [1.82, 2.24) is 15.0 Å². The molecule has 2 aromatic carbocycles. The number of benzene rings is 2. The van der Waals surface area contributed by atoms with E-state index < -0.39 is 0 Å². The second kappa shape index (κ2) is 8.43. The lowest BCUT2D eigenvalue weighted by Gasteiger charge is -2.13. The highest BCUT2D eigenvalue weighted by atomic mass is 16.5. The van der Waals surface area contributed by atoms with Crippen LogP contribution in [-0.4, -0.2) is 22.1 Å². The van der Waals surface area contributed by atoms with Gasteiger partial charge in [0.1, 0.15) is 24.6 Å². The molecule has 7 nitrogen and oxygen atoms in total. The average molecular weight is 387 g/mol. The van der Waals surface area contributed by atoms with E-state index in [4.69, 9.17) is 15.2 Å². The molecule has 29 heavy (non-hydrogen) atoms. The number of nitrogens with zero attached hydrogens (tertiary/aromatic N) is 3. The SMILES string of the molecule is COc1cc(CNc2ncnc3nc(N)ccc23)ccc1OCc1ccccc1. The van der Waals surface area contributed by atoms with Gasteiger partial charge in [-0.3, -0.25) is 0 Å². The Bertz CT molecular complexity index is 1120. The maximum Gasteiger partial charge on any atom is 0.166 e. The maximum atomic E-state index is 5.91. The first kappa shape index (κ1) is 18.5. The summed E-state index contributed by atoms with van der Waals surface area (Å²) in [4.78, 5) is 12.7. The molecule has 0 fully saturated rings. The molecule has 2 heterocycles. The molecule has 0 amide bonds. The van der Waals surface area contributed by atoms with Gasteiger partial charge in [-0.05, 0) is 35.4 Å². The first-order chi connectivity index (χ1) is 14.2. The van der Waals surface area contributed by atoms with Gasteiger partial charge in [-0.2, -0.15) is 0 Å². The Hall–Kier alpha value is -3.87. The largest absolute Gasteiger partial charge is 0.493 e. The number of fused-ring (bicyclic) bond motifs is 1. The van der Waals surface area contributed by atoms with E-state index in [2.05, 4.69) is 20.3 Å². The lowest BCUT2D eigenvalue weighted by Crippen LogP contribution is -2.04. The topological polar surface area (TPSA) is 95.2 Å². The molecule has 3 N–H and O–H groups in total. The Morgan fingerprint density at radius 2 is 1.79 bits per heavy atom. The summed E-state index contributed by atoms with van der Waals surface area (Å²) < 4.78 is 11.4. The maximum absolute atomic E-state index is 5.91. The third-order valence-corrected chi connectivity index (χ3v) is 4.44. The van der Waals surface area contributed by atoms with Crippen LogP contribution in [0, 0.1) is 0 Å². The van der Waals surface area contributed by atoms with Gasteiger partial charge in [-0.1, -0.05) is 36.4 Å². The van der Waals surface area contributed by atoms with Gasteiger partial charge < -0.3 is 20.5 Å². The Kier molecular flexibility index (Phi) is 5.38. The predicted octanol–water partition coefficient (Wildman–Crippen LogP) is 3.81. The minimum atomic E-state index is 0.429. The number of nitrogen functional groups attached to an aromatic ring is 1. The molecule has 0 unspecified atom stereocenters. The van der Waals surface area contributed by atoms with Crippen LogP contribution in [0.2, 0.25) is 0 Å². The monoisotopic (exact) mass is 387 g/mol. The van der Waals surface area contributed by atoms with E-state index in [0.717, 1.165) is 16.5 Å². The van der Waals surface area contributed by atoms with E-state index in [1.54, 1.807) is 13.2 Å². The number of nitrogens with one attached hydrogen (secondary N) is 1. The Balaban J connectivity index is 1.47. The molecule has 4 rings (SSSR count). The van der Waals surface area contributed by atoms with Gasteiger partial charge in [0.2, 0.25) is 0 Å². The number of nitrogens with two attached hydrogens (primary N) is 1. The summed E-state index contributed by atoms with van der Waals surface area (Å²) in [6.07, 6.45) is 1.47. The molecule has 0 saturated carbocycles. The van der Waals surface area contributed by atoms with Gasteiger partial charge in [0.25, 0.3) is 0 Å². The van der Waals surface area contributed by atoms with Gasteiger partial charge in [0.05, 0.1) is 12.5 Å². The van der Waals surface area contributed by atoms with Crippen molar-refractivity contribution in [3.8, 4) is 11.5 Å². The molecule has 0 radical (unpaired) electrons. The zero-order valence-corrected chi connectivity index (χ0v) is 16.0. The number of methoxy groups -OCH3 is 1. The highest BCUT2D eigenvalue weighted by Gasteiger charge is 2.08. The first-order valence-electron chi connectivity index (χ1n) is 9.17. The van der Waals surface area contributed by atoms with E-state index in [1.165, 1.54) is 6.33 Å². The normalized spacial score (nSPS) is 10.7. The second-order valence-corrected chi connectivity index (χ2v) is 6.44. The fraction of sp³-hybridized carbons (Fsp3) is 0.136. The molecule has 0 aliphatic rings. The van der Waals surface area contributed by atoms with Crippen LogP contribution in [0.1, 0.15) is 11.1 Å². The summed E-state index contributed by atoms with van der Waals surface area (Å²) >= 11 is 0. The van der Waals surface area contributed by atoms with E-state index in [0.29, 0.717) is 41.9 Å². The molecule has 2 aromatic heterocycles. The smallest absolute Gasteiger partial charge is 0.166 e. The summed E-state index contributed by atoms with van der Waals surface area (Å²) in [5, 5.41) is 4.14. The van der Waals surface area contributed by atoms with E-state index >= 15 is 0 Å². The van der Waals surface area contributed by atoms with Crippen molar-refractivity contribution < 1.29 is 9.47 Å². The summed E-state index contributed by atoms with van der Waals surface area (Å²) in [6, 6.07) is 19.5. The fourth-order valence-electron chi connectivity index (χ4n) is 2.96. The zero-order chi connectivity index (χ0) is 20.1. The van der Waals surface area contributed by atoms with E-state index in [1.807, 2.05) is 54.6 Å². The molecule has 0 saturated heterocycles. The van der Waals surface area contributed by atoms with Crippen LogP contribution in [0.25, 0.3) is 11.0 Å². The molecule has 146 valence electrons. The number of pyridine rings is 1. The molecule has 0 aliphatic carbocycles. The quantitative estimate of drug-likeness (QED) is 0.498. The van der Waals surface area contributed by atoms with Crippen LogP contribution in [0.15, 0.2) is 67.0 Å². The van der Waals surface area contributed by atoms with Crippen molar-refractivity contribution in [3.63, 3.8) is 0 Å². The predicted molar refractivity (Wildman–Crippen MR) is 113 cm³/mol. The fourth-order valence-corrected chi connectivity index (χ4v) is 2.96. The van der Waals surface area contributed by atoms with Crippen molar-refractivity contribution in [1.29, 1.82) is 0 Å². The van der Waals surface area contributed by atoms with Crippen LogP contribution >= 0.6 is 0 Å². The molecular formula is C22H21N5O2. The lowest BCUT2D eigenvalue weighted by molar-refractivity contribution is 0.284. The molecule has 0 aliphatic heterocycles. The van der Waals surface area contributed by atoms with Crippen LogP contribution in [0.4, 0.5) is 11.6 Å². The van der Waals surface area contributed by atoms with Crippen LogP contribution in [-0.2, 0) is 13.2 Å². The van der Waals surface area contributed by atoms with E-state index in [9.17, 15) is 0 Å². The van der Waals surface area contributed by atoms with E-state index in [-0.39, 0.29) is 0 Å². The zero-order valence-electron chi connectivity index (χ0n) is 16.0. The molecule has 7 heteroatoms. The number of hydrogen-bond donors (Lipinski definition) is 2. The third kappa shape index (κ3) is 4.35. The molecule has 0 atom stereocenters. The summed E-state index contributed by atoms with van der Waals surface area (Å²) in [7, 11) is 1.63. The highest BCUT2D eigenvalue weighted by Crippen LogP contribution is 2.29. The van der Waals surface area contributed by atoms with Gasteiger partial charge >= 0.3 is 0 Å². The van der Waals surface area contributed by atoms with Gasteiger partial charge in [0, 0.05) is 6.54 Å².